The van der Waals surface area contributed by atoms with Crippen molar-refractivity contribution in [3.63, 3.8) is 0 Å². The van der Waals surface area contributed by atoms with Crippen molar-refractivity contribution >= 4 is 29.9 Å². The summed E-state index contributed by atoms with van der Waals surface area (Å²) in [5.74, 6) is 1.38. The van der Waals surface area contributed by atoms with Gasteiger partial charge in [-0.2, -0.15) is 0 Å². The summed E-state index contributed by atoms with van der Waals surface area (Å²) < 4.78 is 0. The zero-order chi connectivity index (χ0) is 13.7. The fourth-order valence-corrected chi connectivity index (χ4v) is 2.27. The van der Waals surface area contributed by atoms with Crippen LogP contribution in [0.3, 0.4) is 0 Å². The van der Waals surface area contributed by atoms with Crippen LogP contribution in [0.1, 0.15) is 38.7 Å². The smallest absolute Gasteiger partial charge is 0.188 e. The second-order valence-electron chi connectivity index (χ2n) is 6.13. The average Bonchev–Trinajstić information content (AvgIpc) is 2.36. The van der Waals surface area contributed by atoms with Crippen LogP contribution in [0, 0.1) is 5.92 Å². The third-order valence-electron chi connectivity index (χ3n) is 4.00. The Morgan fingerprint density at radius 3 is 2.50 bits per heavy atom. The molecule has 1 aromatic carbocycles. The highest BCUT2D eigenvalue weighted by atomic mass is 127. The minimum atomic E-state index is 0. The van der Waals surface area contributed by atoms with Crippen LogP contribution in [0.4, 0.5) is 0 Å². The van der Waals surface area contributed by atoms with Crippen LogP contribution in [0.5, 0.6) is 0 Å². The van der Waals surface area contributed by atoms with Crippen LogP contribution in [-0.2, 0) is 5.41 Å². The van der Waals surface area contributed by atoms with Gasteiger partial charge in [0.15, 0.2) is 5.96 Å². The second-order valence-corrected chi connectivity index (χ2v) is 6.13. The zero-order valence-corrected chi connectivity index (χ0v) is 14.8. The molecule has 3 nitrogen and oxygen atoms in total. The van der Waals surface area contributed by atoms with Crippen LogP contribution in [0.2, 0.25) is 0 Å². The summed E-state index contributed by atoms with van der Waals surface area (Å²) in [5, 5.41) is 3.24. The first-order chi connectivity index (χ1) is 9.08. The van der Waals surface area contributed by atoms with Crippen molar-refractivity contribution in [2.45, 2.75) is 38.5 Å². The molecule has 0 spiro atoms. The maximum Gasteiger partial charge on any atom is 0.188 e. The maximum atomic E-state index is 5.92. The van der Waals surface area contributed by atoms with Crippen LogP contribution in [0.15, 0.2) is 35.3 Å². The number of nitrogens with one attached hydrogen (secondary N) is 1. The summed E-state index contributed by atoms with van der Waals surface area (Å²) in [6.07, 6.45) is 4.02. The molecule has 0 atom stereocenters. The minimum Gasteiger partial charge on any atom is -0.370 e. The lowest BCUT2D eigenvalue weighted by Gasteiger charge is -2.26. The van der Waals surface area contributed by atoms with Crippen molar-refractivity contribution in [3.05, 3.63) is 35.9 Å². The van der Waals surface area contributed by atoms with Gasteiger partial charge in [-0.3, -0.25) is 4.99 Å². The first kappa shape index (κ1) is 17.3. The number of benzene rings is 1. The predicted molar refractivity (Wildman–Crippen MR) is 96.7 cm³/mol. The Morgan fingerprint density at radius 2 is 1.95 bits per heavy atom. The van der Waals surface area contributed by atoms with E-state index in [1.165, 1.54) is 24.8 Å². The van der Waals surface area contributed by atoms with E-state index < -0.39 is 0 Å². The largest absolute Gasteiger partial charge is 0.370 e. The highest BCUT2D eigenvalue weighted by molar-refractivity contribution is 14.0. The number of halogens is 1. The molecule has 0 aromatic heterocycles. The summed E-state index contributed by atoms with van der Waals surface area (Å²) in [4.78, 5) is 4.49. The van der Waals surface area contributed by atoms with Crippen molar-refractivity contribution in [1.29, 1.82) is 0 Å². The molecule has 1 saturated carbocycles. The van der Waals surface area contributed by atoms with E-state index in [2.05, 4.69) is 48.4 Å². The van der Waals surface area contributed by atoms with E-state index >= 15 is 0 Å². The molecule has 20 heavy (non-hydrogen) atoms. The molecule has 0 aliphatic heterocycles. The highest BCUT2D eigenvalue weighted by Crippen LogP contribution is 2.25. The number of nitrogens with two attached hydrogens (primary N) is 1. The van der Waals surface area contributed by atoms with E-state index in [4.69, 9.17) is 5.73 Å². The van der Waals surface area contributed by atoms with Gasteiger partial charge in [-0.05, 0) is 24.3 Å². The Hall–Kier alpha value is -0.780. The molecule has 2 rings (SSSR count). The number of hydrogen-bond acceptors (Lipinski definition) is 1. The minimum absolute atomic E-state index is 0. The Balaban J connectivity index is 0.00000200. The molecular weight excluding hydrogens is 361 g/mol. The summed E-state index contributed by atoms with van der Waals surface area (Å²) in [7, 11) is 0. The van der Waals surface area contributed by atoms with Gasteiger partial charge >= 0.3 is 0 Å². The molecule has 1 aromatic rings. The van der Waals surface area contributed by atoms with Gasteiger partial charge in [-0.1, -0.05) is 50.6 Å². The van der Waals surface area contributed by atoms with Crippen LogP contribution >= 0.6 is 24.0 Å². The third kappa shape index (κ3) is 4.96. The molecule has 0 heterocycles. The van der Waals surface area contributed by atoms with Gasteiger partial charge in [0.25, 0.3) is 0 Å². The lowest BCUT2D eigenvalue weighted by molar-refractivity contribution is 0.315. The maximum absolute atomic E-state index is 5.92. The molecule has 1 aliphatic carbocycles. The fourth-order valence-electron chi connectivity index (χ4n) is 2.27. The van der Waals surface area contributed by atoms with E-state index in [1.807, 2.05) is 6.07 Å². The molecule has 0 radical (unpaired) electrons. The summed E-state index contributed by atoms with van der Waals surface area (Å²) >= 11 is 0. The first-order valence-electron chi connectivity index (χ1n) is 7.17. The molecule has 3 N–H and O–H groups in total. The predicted octanol–water partition coefficient (Wildman–Crippen LogP) is 3.29. The summed E-state index contributed by atoms with van der Waals surface area (Å²) in [6, 6.07) is 10.5. The quantitative estimate of drug-likeness (QED) is 0.463. The van der Waals surface area contributed by atoms with Crippen molar-refractivity contribution in [1.82, 2.24) is 5.32 Å². The first-order valence-corrected chi connectivity index (χ1v) is 7.17. The van der Waals surface area contributed by atoms with Crippen molar-refractivity contribution in [2.75, 3.05) is 13.1 Å². The van der Waals surface area contributed by atoms with Gasteiger partial charge in [-0.25, -0.2) is 0 Å². The van der Waals surface area contributed by atoms with E-state index in [0.29, 0.717) is 12.5 Å². The lowest BCUT2D eigenvalue weighted by atomic mass is 9.85. The molecule has 1 fully saturated rings. The number of hydrogen-bond donors (Lipinski definition) is 2. The van der Waals surface area contributed by atoms with E-state index in [-0.39, 0.29) is 29.4 Å². The van der Waals surface area contributed by atoms with Crippen LogP contribution in [-0.4, -0.2) is 19.0 Å². The van der Waals surface area contributed by atoms with Crippen molar-refractivity contribution < 1.29 is 0 Å². The summed E-state index contributed by atoms with van der Waals surface area (Å²) in [5.41, 5.74) is 7.24. The number of nitrogens with zero attached hydrogens (tertiary/aromatic N) is 1. The second kappa shape index (κ2) is 7.86. The number of guanidine groups is 1. The Kier molecular flexibility index (Phi) is 6.79. The third-order valence-corrected chi connectivity index (χ3v) is 4.00. The standard InChI is InChI=1S/C16H25N3.HI/c1-16(2,14-9-4-3-5-10-14)12-19-15(17)18-11-13-7-6-8-13;/h3-5,9-10,13H,6-8,11-12H2,1-2H3,(H3,17,18,19);1H. The van der Waals surface area contributed by atoms with Gasteiger partial charge in [0.2, 0.25) is 0 Å². The number of aliphatic imine (C=N–C) groups is 1. The molecular formula is C16H26IN3. The van der Waals surface area contributed by atoms with Crippen LogP contribution < -0.4 is 11.1 Å². The Labute approximate surface area is 139 Å². The molecule has 0 unspecified atom stereocenters. The van der Waals surface area contributed by atoms with Gasteiger partial charge in [-0.15, -0.1) is 24.0 Å². The normalized spacial score (nSPS) is 16.2. The SMILES string of the molecule is CC(C)(CN=C(N)NCC1CCC1)c1ccccc1.I. The van der Waals surface area contributed by atoms with E-state index in [9.17, 15) is 0 Å². The van der Waals surface area contributed by atoms with E-state index in [0.717, 1.165) is 12.5 Å². The number of rotatable bonds is 5. The topological polar surface area (TPSA) is 50.4 Å². The molecule has 0 saturated heterocycles. The Bertz CT molecular complexity index is 425. The van der Waals surface area contributed by atoms with Crippen molar-refractivity contribution in [3.8, 4) is 0 Å². The molecule has 4 heteroatoms. The molecule has 0 bridgehead atoms. The summed E-state index contributed by atoms with van der Waals surface area (Å²) in [6.45, 7) is 6.08. The lowest BCUT2D eigenvalue weighted by Crippen LogP contribution is -2.38. The molecule has 1 aliphatic rings. The highest BCUT2D eigenvalue weighted by Gasteiger charge is 2.20. The Morgan fingerprint density at radius 1 is 1.30 bits per heavy atom. The van der Waals surface area contributed by atoms with E-state index in [1.54, 1.807) is 0 Å². The zero-order valence-electron chi connectivity index (χ0n) is 12.4. The van der Waals surface area contributed by atoms with Crippen molar-refractivity contribution in [2.24, 2.45) is 16.6 Å². The average molecular weight is 387 g/mol. The fraction of sp³-hybridized carbons (Fsp3) is 0.562. The van der Waals surface area contributed by atoms with Crippen LogP contribution in [0.25, 0.3) is 0 Å². The molecule has 112 valence electrons. The molecule has 0 amide bonds. The van der Waals surface area contributed by atoms with Gasteiger partial charge in [0, 0.05) is 12.0 Å². The van der Waals surface area contributed by atoms with Gasteiger partial charge in [0.1, 0.15) is 0 Å². The van der Waals surface area contributed by atoms with Gasteiger partial charge < -0.3 is 11.1 Å². The van der Waals surface area contributed by atoms with Gasteiger partial charge in [0.05, 0.1) is 6.54 Å². The monoisotopic (exact) mass is 387 g/mol.